The summed E-state index contributed by atoms with van der Waals surface area (Å²) < 4.78 is 7.61. The normalized spacial score (nSPS) is 13.7. The standard InChI is InChI=1S/C27H25N7O2/c1-18(27(16-28)12-13-27)26(35)33(2)14-15-34-25-22(24(29)30-17-31-25)23(32-34)19-8-10-21(11-9-19)36-20-6-4-3-5-7-20/h3-11,17H,1,12-15H2,2H3,(H2,29,30,31). The van der Waals surface area contributed by atoms with Crippen molar-refractivity contribution in [2.24, 2.45) is 5.41 Å². The molecule has 0 atom stereocenters. The second-order valence-electron chi connectivity index (χ2n) is 8.87. The summed E-state index contributed by atoms with van der Waals surface area (Å²) >= 11 is 0. The average Bonchev–Trinajstić information content (AvgIpc) is 3.62. The number of hydrogen-bond donors (Lipinski definition) is 1. The molecule has 0 unspecified atom stereocenters. The summed E-state index contributed by atoms with van der Waals surface area (Å²) in [6.45, 7) is 4.64. The Morgan fingerprint density at radius 2 is 1.86 bits per heavy atom. The fraction of sp³-hybridized carbons (Fsp3) is 0.222. The number of amides is 1. The number of nitrogen functional groups attached to an aromatic ring is 1. The van der Waals surface area contributed by atoms with Gasteiger partial charge in [-0.3, -0.25) is 4.79 Å². The van der Waals surface area contributed by atoms with Gasteiger partial charge in [-0.15, -0.1) is 0 Å². The molecule has 0 aliphatic heterocycles. The van der Waals surface area contributed by atoms with Gasteiger partial charge >= 0.3 is 0 Å². The maximum Gasteiger partial charge on any atom is 0.250 e. The Morgan fingerprint density at radius 1 is 1.17 bits per heavy atom. The van der Waals surface area contributed by atoms with E-state index in [1.54, 1.807) is 16.6 Å². The highest BCUT2D eigenvalue weighted by Gasteiger charge is 2.48. The minimum atomic E-state index is -0.699. The molecule has 0 bridgehead atoms. The van der Waals surface area contributed by atoms with Crippen molar-refractivity contribution in [3.8, 4) is 28.8 Å². The summed E-state index contributed by atoms with van der Waals surface area (Å²) in [5.74, 6) is 1.55. The van der Waals surface area contributed by atoms with E-state index in [2.05, 4.69) is 22.6 Å². The Hall–Kier alpha value is -4.71. The SMILES string of the molecule is C=C(C(=O)N(C)CCn1nc(-c2ccc(Oc3ccccc3)cc2)c2c(N)ncnc21)C1(C#N)CC1. The van der Waals surface area contributed by atoms with Crippen LogP contribution in [0, 0.1) is 16.7 Å². The monoisotopic (exact) mass is 479 g/mol. The number of para-hydroxylation sites is 1. The Balaban J connectivity index is 1.37. The summed E-state index contributed by atoms with van der Waals surface area (Å²) in [7, 11) is 1.70. The molecule has 1 aliphatic carbocycles. The lowest BCUT2D eigenvalue weighted by molar-refractivity contribution is -0.126. The molecule has 2 N–H and O–H groups in total. The van der Waals surface area contributed by atoms with Crippen molar-refractivity contribution in [3.63, 3.8) is 0 Å². The van der Waals surface area contributed by atoms with Crippen LogP contribution in [0.4, 0.5) is 5.82 Å². The zero-order valence-corrected chi connectivity index (χ0v) is 19.9. The molecule has 0 radical (unpaired) electrons. The molecule has 0 saturated heterocycles. The molecule has 4 aromatic rings. The number of nitrogens with zero attached hydrogens (tertiary/aromatic N) is 6. The minimum Gasteiger partial charge on any atom is -0.457 e. The summed E-state index contributed by atoms with van der Waals surface area (Å²) in [5.41, 5.74) is 7.93. The molecule has 0 spiro atoms. The van der Waals surface area contributed by atoms with Crippen molar-refractivity contribution < 1.29 is 9.53 Å². The smallest absolute Gasteiger partial charge is 0.250 e. The first kappa shape index (κ1) is 23.1. The van der Waals surface area contributed by atoms with Crippen molar-refractivity contribution in [3.05, 3.63) is 73.1 Å². The summed E-state index contributed by atoms with van der Waals surface area (Å²) in [6.07, 6.45) is 2.76. The number of ether oxygens (including phenoxy) is 1. The summed E-state index contributed by atoms with van der Waals surface area (Å²) in [5, 5.41) is 14.8. The molecule has 1 aliphatic rings. The van der Waals surface area contributed by atoms with Crippen LogP contribution in [0.3, 0.4) is 0 Å². The number of nitrogens with two attached hydrogens (primary N) is 1. The van der Waals surface area contributed by atoms with Gasteiger partial charge in [0.15, 0.2) is 5.65 Å². The van der Waals surface area contributed by atoms with E-state index < -0.39 is 5.41 Å². The molecule has 2 aromatic carbocycles. The molecular weight excluding hydrogens is 454 g/mol. The van der Waals surface area contributed by atoms with Gasteiger partial charge in [0.1, 0.15) is 29.3 Å². The van der Waals surface area contributed by atoms with E-state index in [4.69, 9.17) is 15.6 Å². The first-order valence-corrected chi connectivity index (χ1v) is 11.6. The van der Waals surface area contributed by atoms with Crippen LogP contribution in [0.2, 0.25) is 0 Å². The van der Waals surface area contributed by atoms with Gasteiger partial charge in [-0.05, 0) is 49.2 Å². The fourth-order valence-electron chi connectivity index (χ4n) is 4.08. The van der Waals surface area contributed by atoms with E-state index in [0.29, 0.717) is 59.8 Å². The highest BCUT2D eigenvalue weighted by Crippen LogP contribution is 2.51. The number of hydrogen-bond acceptors (Lipinski definition) is 7. The van der Waals surface area contributed by atoms with Gasteiger partial charge in [-0.1, -0.05) is 24.8 Å². The molecule has 9 heteroatoms. The van der Waals surface area contributed by atoms with Crippen LogP contribution in [-0.2, 0) is 11.3 Å². The predicted octanol–water partition coefficient (Wildman–Crippen LogP) is 4.19. The maximum atomic E-state index is 12.8. The molecule has 9 nitrogen and oxygen atoms in total. The van der Waals surface area contributed by atoms with Crippen molar-refractivity contribution in [1.29, 1.82) is 5.26 Å². The minimum absolute atomic E-state index is 0.228. The zero-order valence-electron chi connectivity index (χ0n) is 19.9. The average molecular weight is 480 g/mol. The Kier molecular flexibility index (Phi) is 5.86. The van der Waals surface area contributed by atoms with Gasteiger partial charge < -0.3 is 15.4 Å². The van der Waals surface area contributed by atoms with E-state index in [9.17, 15) is 10.1 Å². The molecule has 36 heavy (non-hydrogen) atoms. The van der Waals surface area contributed by atoms with Crippen molar-refractivity contribution >= 4 is 22.8 Å². The third kappa shape index (κ3) is 4.25. The predicted molar refractivity (Wildman–Crippen MR) is 136 cm³/mol. The number of benzene rings is 2. The van der Waals surface area contributed by atoms with Crippen LogP contribution >= 0.6 is 0 Å². The third-order valence-corrected chi connectivity index (χ3v) is 6.46. The fourth-order valence-corrected chi connectivity index (χ4v) is 4.08. The van der Waals surface area contributed by atoms with Gasteiger partial charge in [0.2, 0.25) is 0 Å². The Labute approximate surface area is 208 Å². The second-order valence-corrected chi connectivity index (χ2v) is 8.87. The molecule has 2 aromatic heterocycles. The molecule has 5 rings (SSSR count). The quantitative estimate of drug-likeness (QED) is 0.376. The van der Waals surface area contributed by atoms with Crippen LogP contribution < -0.4 is 10.5 Å². The maximum absolute atomic E-state index is 12.8. The molecule has 1 amide bonds. The van der Waals surface area contributed by atoms with Crippen molar-refractivity contribution in [2.45, 2.75) is 19.4 Å². The third-order valence-electron chi connectivity index (χ3n) is 6.46. The number of carbonyl (C=O) groups excluding carboxylic acids is 1. The number of anilines is 1. The number of aromatic nitrogens is 4. The lowest BCUT2D eigenvalue weighted by Gasteiger charge is -2.20. The van der Waals surface area contributed by atoms with Gasteiger partial charge in [-0.25, -0.2) is 14.6 Å². The molecule has 1 saturated carbocycles. The number of fused-ring (bicyclic) bond motifs is 1. The number of carbonyl (C=O) groups is 1. The summed E-state index contributed by atoms with van der Waals surface area (Å²) in [6, 6.07) is 19.3. The molecule has 1 fully saturated rings. The van der Waals surface area contributed by atoms with E-state index in [1.807, 2.05) is 54.6 Å². The number of rotatable bonds is 8. The van der Waals surface area contributed by atoms with Crippen LogP contribution in [0.1, 0.15) is 12.8 Å². The van der Waals surface area contributed by atoms with E-state index in [1.165, 1.54) is 6.33 Å². The van der Waals surface area contributed by atoms with Crippen LogP contribution in [0.5, 0.6) is 11.5 Å². The number of likely N-dealkylation sites (N-methyl/N-ethyl adjacent to an activating group) is 1. The number of nitriles is 1. The highest BCUT2D eigenvalue weighted by atomic mass is 16.5. The largest absolute Gasteiger partial charge is 0.457 e. The lowest BCUT2D eigenvalue weighted by atomic mass is 9.98. The second kappa shape index (κ2) is 9.15. The first-order valence-electron chi connectivity index (χ1n) is 11.6. The van der Waals surface area contributed by atoms with Crippen molar-refractivity contribution in [2.75, 3.05) is 19.3 Å². The van der Waals surface area contributed by atoms with Gasteiger partial charge in [0.25, 0.3) is 5.91 Å². The molecule has 180 valence electrons. The van der Waals surface area contributed by atoms with Crippen LogP contribution in [0.15, 0.2) is 73.1 Å². The summed E-state index contributed by atoms with van der Waals surface area (Å²) in [4.78, 5) is 22.9. The lowest BCUT2D eigenvalue weighted by Crippen LogP contribution is -2.33. The molecular formula is C27H25N7O2. The topological polar surface area (TPSA) is 123 Å². The zero-order chi connectivity index (χ0) is 25.3. The molecule has 2 heterocycles. The highest BCUT2D eigenvalue weighted by molar-refractivity contribution is 5.98. The van der Waals surface area contributed by atoms with Gasteiger partial charge in [-0.2, -0.15) is 10.4 Å². The Morgan fingerprint density at radius 3 is 2.53 bits per heavy atom. The van der Waals surface area contributed by atoms with Crippen LogP contribution in [-0.4, -0.2) is 44.1 Å². The first-order chi connectivity index (χ1) is 17.4. The van der Waals surface area contributed by atoms with Crippen molar-refractivity contribution in [1.82, 2.24) is 24.6 Å². The van der Waals surface area contributed by atoms with Gasteiger partial charge in [0, 0.05) is 24.7 Å². The van der Waals surface area contributed by atoms with E-state index in [0.717, 1.165) is 11.3 Å². The Bertz CT molecular complexity index is 1480. The van der Waals surface area contributed by atoms with E-state index in [-0.39, 0.29) is 5.91 Å². The van der Waals surface area contributed by atoms with Crippen LogP contribution in [0.25, 0.3) is 22.3 Å². The van der Waals surface area contributed by atoms with E-state index >= 15 is 0 Å². The van der Waals surface area contributed by atoms with Gasteiger partial charge in [0.05, 0.1) is 23.4 Å².